The van der Waals surface area contributed by atoms with Crippen molar-refractivity contribution in [2.75, 3.05) is 11.4 Å². The molecule has 0 aliphatic heterocycles. The molecule has 1 heterocycles. The van der Waals surface area contributed by atoms with Gasteiger partial charge in [0.25, 0.3) is 0 Å². The van der Waals surface area contributed by atoms with Crippen LogP contribution in [0.25, 0.3) is 0 Å². The van der Waals surface area contributed by atoms with Crippen LogP contribution < -0.4 is 10.6 Å². The van der Waals surface area contributed by atoms with Crippen molar-refractivity contribution in [2.24, 2.45) is 11.7 Å². The number of anilines is 1. The minimum atomic E-state index is 0.559. The van der Waals surface area contributed by atoms with Crippen LogP contribution in [0.2, 0.25) is 0 Å². The van der Waals surface area contributed by atoms with E-state index in [1.54, 1.807) is 0 Å². The van der Waals surface area contributed by atoms with E-state index in [0.717, 1.165) is 30.8 Å². The zero-order valence-electron chi connectivity index (χ0n) is 14.0. The summed E-state index contributed by atoms with van der Waals surface area (Å²) < 4.78 is 0. The first-order valence-electron chi connectivity index (χ1n) is 7.88. The lowest BCUT2D eigenvalue weighted by Gasteiger charge is -2.36. The third kappa shape index (κ3) is 3.95. The number of rotatable bonds is 7. The van der Waals surface area contributed by atoms with Crippen LogP contribution in [0.5, 0.6) is 0 Å². The van der Waals surface area contributed by atoms with E-state index >= 15 is 0 Å². The standard InChI is InChI=1S/C17H31N3/c1-7-15(8-2)20(11-12(3)4)17-9-13(5)19-14(6)16(17)10-18/h9,12,15H,7-8,10-11,18H2,1-6H3. The third-order valence-electron chi connectivity index (χ3n) is 3.89. The molecular weight excluding hydrogens is 246 g/mol. The van der Waals surface area contributed by atoms with Crippen molar-refractivity contribution in [1.82, 2.24) is 4.98 Å². The minimum Gasteiger partial charge on any atom is -0.368 e. The Morgan fingerprint density at radius 2 is 1.80 bits per heavy atom. The van der Waals surface area contributed by atoms with Crippen molar-refractivity contribution in [3.8, 4) is 0 Å². The maximum absolute atomic E-state index is 5.99. The second-order valence-corrected chi connectivity index (χ2v) is 6.07. The molecule has 114 valence electrons. The molecule has 0 fully saturated rings. The summed E-state index contributed by atoms with van der Waals surface area (Å²) in [7, 11) is 0. The fraction of sp³-hybridized carbons (Fsp3) is 0.706. The van der Waals surface area contributed by atoms with Gasteiger partial charge in [0.05, 0.1) is 0 Å². The van der Waals surface area contributed by atoms with Crippen LogP contribution in [0, 0.1) is 19.8 Å². The largest absolute Gasteiger partial charge is 0.368 e. The smallest absolute Gasteiger partial charge is 0.0450 e. The van der Waals surface area contributed by atoms with Crippen molar-refractivity contribution < 1.29 is 0 Å². The number of pyridine rings is 1. The Labute approximate surface area is 124 Å². The molecule has 2 N–H and O–H groups in total. The van der Waals surface area contributed by atoms with E-state index in [2.05, 4.69) is 57.5 Å². The summed E-state index contributed by atoms with van der Waals surface area (Å²) in [5.74, 6) is 0.634. The highest BCUT2D eigenvalue weighted by atomic mass is 15.2. The zero-order chi connectivity index (χ0) is 15.3. The van der Waals surface area contributed by atoms with Gasteiger partial charge < -0.3 is 10.6 Å². The summed E-state index contributed by atoms with van der Waals surface area (Å²) in [6, 6.07) is 2.78. The first-order valence-corrected chi connectivity index (χ1v) is 7.88. The van der Waals surface area contributed by atoms with E-state index in [1.807, 2.05) is 0 Å². The van der Waals surface area contributed by atoms with Gasteiger partial charge in [0.1, 0.15) is 0 Å². The summed E-state index contributed by atoms with van der Waals surface area (Å²) in [6.45, 7) is 14.9. The lowest BCUT2D eigenvalue weighted by molar-refractivity contribution is 0.505. The Morgan fingerprint density at radius 3 is 2.25 bits per heavy atom. The maximum Gasteiger partial charge on any atom is 0.0450 e. The van der Waals surface area contributed by atoms with E-state index in [-0.39, 0.29) is 0 Å². The van der Waals surface area contributed by atoms with Crippen LogP contribution >= 0.6 is 0 Å². The quantitative estimate of drug-likeness (QED) is 0.824. The molecule has 0 saturated heterocycles. The van der Waals surface area contributed by atoms with E-state index in [4.69, 9.17) is 5.73 Å². The van der Waals surface area contributed by atoms with Crippen molar-refractivity contribution in [1.29, 1.82) is 0 Å². The molecule has 0 radical (unpaired) electrons. The molecule has 3 nitrogen and oxygen atoms in total. The number of aromatic nitrogens is 1. The average molecular weight is 277 g/mol. The molecule has 0 unspecified atom stereocenters. The predicted octanol–water partition coefficient (Wildman–Crippen LogP) is 3.81. The van der Waals surface area contributed by atoms with Crippen molar-refractivity contribution in [2.45, 2.75) is 67.0 Å². The molecule has 1 aromatic heterocycles. The summed E-state index contributed by atoms with van der Waals surface area (Å²) in [5, 5.41) is 0. The van der Waals surface area contributed by atoms with Crippen molar-refractivity contribution >= 4 is 5.69 Å². The molecule has 0 atom stereocenters. The molecular formula is C17H31N3. The van der Waals surface area contributed by atoms with E-state index in [0.29, 0.717) is 18.5 Å². The second kappa shape index (κ2) is 7.63. The Kier molecular flexibility index (Phi) is 6.47. The van der Waals surface area contributed by atoms with Gasteiger partial charge in [0.2, 0.25) is 0 Å². The third-order valence-corrected chi connectivity index (χ3v) is 3.89. The van der Waals surface area contributed by atoms with Crippen LogP contribution in [0.3, 0.4) is 0 Å². The predicted molar refractivity (Wildman–Crippen MR) is 88.2 cm³/mol. The Balaban J connectivity index is 3.31. The normalized spacial score (nSPS) is 11.4. The second-order valence-electron chi connectivity index (χ2n) is 6.07. The summed E-state index contributed by atoms with van der Waals surface area (Å²) in [5.41, 5.74) is 10.6. The van der Waals surface area contributed by atoms with Gasteiger partial charge in [0.15, 0.2) is 0 Å². The SMILES string of the molecule is CCC(CC)N(CC(C)C)c1cc(C)nc(C)c1CN. The number of nitrogens with zero attached hydrogens (tertiary/aromatic N) is 2. The highest BCUT2D eigenvalue weighted by molar-refractivity contribution is 5.57. The lowest BCUT2D eigenvalue weighted by Crippen LogP contribution is -2.38. The topological polar surface area (TPSA) is 42.2 Å². The van der Waals surface area contributed by atoms with Crippen molar-refractivity contribution in [3.05, 3.63) is 23.0 Å². The number of hydrogen-bond donors (Lipinski definition) is 1. The molecule has 0 amide bonds. The molecule has 0 aliphatic rings. The maximum atomic E-state index is 5.99. The van der Waals surface area contributed by atoms with Crippen LogP contribution in [-0.2, 0) is 6.54 Å². The fourth-order valence-electron chi connectivity index (χ4n) is 2.91. The first kappa shape index (κ1) is 17.0. The lowest BCUT2D eigenvalue weighted by atomic mass is 10.0. The molecule has 1 rings (SSSR count). The summed E-state index contributed by atoms with van der Waals surface area (Å²) in [4.78, 5) is 7.12. The highest BCUT2D eigenvalue weighted by Crippen LogP contribution is 2.28. The van der Waals surface area contributed by atoms with Crippen LogP contribution in [-0.4, -0.2) is 17.6 Å². The van der Waals surface area contributed by atoms with Crippen LogP contribution in [0.4, 0.5) is 5.69 Å². The van der Waals surface area contributed by atoms with Gasteiger partial charge >= 0.3 is 0 Å². The fourth-order valence-corrected chi connectivity index (χ4v) is 2.91. The molecule has 3 heteroatoms. The van der Waals surface area contributed by atoms with Gasteiger partial charge in [0, 0.05) is 41.8 Å². The highest BCUT2D eigenvalue weighted by Gasteiger charge is 2.21. The van der Waals surface area contributed by atoms with Gasteiger partial charge in [-0.2, -0.15) is 0 Å². The molecule has 1 aromatic rings. The number of aryl methyl sites for hydroxylation is 2. The van der Waals surface area contributed by atoms with Crippen LogP contribution in [0.15, 0.2) is 6.07 Å². The molecule has 0 saturated carbocycles. The Hall–Kier alpha value is -1.09. The molecule has 0 aromatic carbocycles. The molecule has 0 aliphatic carbocycles. The zero-order valence-corrected chi connectivity index (χ0v) is 14.0. The Bertz CT molecular complexity index is 422. The van der Waals surface area contributed by atoms with Crippen LogP contribution in [0.1, 0.15) is 57.5 Å². The number of hydrogen-bond acceptors (Lipinski definition) is 3. The Morgan fingerprint density at radius 1 is 1.20 bits per heavy atom. The summed E-state index contributed by atoms with van der Waals surface area (Å²) >= 11 is 0. The van der Waals surface area contributed by atoms with Gasteiger partial charge in [-0.1, -0.05) is 27.7 Å². The van der Waals surface area contributed by atoms with Crippen molar-refractivity contribution in [3.63, 3.8) is 0 Å². The molecule has 0 bridgehead atoms. The van der Waals surface area contributed by atoms with Gasteiger partial charge in [-0.05, 0) is 38.7 Å². The summed E-state index contributed by atoms with van der Waals surface area (Å²) in [6.07, 6.45) is 2.32. The monoisotopic (exact) mass is 277 g/mol. The van der Waals surface area contributed by atoms with Gasteiger partial charge in [-0.25, -0.2) is 0 Å². The average Bonchev–Trinajstić information content (AvgIpc) is 2.37. The van der Waals surface area contributed by atoms with Gasteiger partial charge in [-0.15, -0.1) is 0 Å². The molecule has 0 spiro atoms. The minimum absolute atomic E-state index is 0.559. The van der Waals surface area contributed by atoms with E-state index < -0.39 is 0 Å². The van der Waals surface area contributed by atoms with E-state index in [1.165, 1.54) is 11.3 Å². The molecule has 20 heavy (non-hydrogen) atoms. The number of nitrogens with two attached hydrogens (primary N) is 1. The van der Waals surface area contributed by atoms with E-state index in [9.17, 15) is 0 Å². The first-order chi connectivity index (χ1) is 9.44. The van der Waals surface area contributed by atoms with Gasteiger partial charge in [-0.3, -0.25) is 4.98 Å².